The molecule has 6 heteroatoms. The van der Waals surface area contributed by atoms with Gasteiger partial charge in [-0.2, -0.15) is 0 Å². The van der Waals surface area contributed by atoms with Gasteiger partial charge in [-0.1, -0.05) is 30.3 Å². The lowest BCUT2D eigenvalue weighted by atomic mass is 10.2. The minimum atomic E-state index is -0.576. The molecule has 26 heavy (non-hydrogen) atoms. The first-order valence-electron chi connectivity index (χ1n) is 8.32. The Bertz CT molecular complexity index is 720. The summed E-state index contributed by atoms with van der Waals surface area (Å²) in [6.45, 7) is 1.93. The second-order valence-electron chi connectivity index (χ2n) is 5.92. The Morgan fingerprint density at radius 1 is 1.12 bits per heavy atom. The highest BCUT2D eigenvalue weighted by Crippen LogP contribution is 2.22. The van der Waals surface area contributed by atoms with Crippen LogP contribution in [-0.4, -0.2) is 42.7 Å². The third kappa shape index (κ3) is 6.11. The molecule has 0 aliphatic heterocycles. The van der Waals surface area contributed by atoms with Gasteiger partial charge in [-0.25, -0.2) is 0 Å². The largest absolute Gasteiger partial charge is 0.497 e. The molecule has 0 saturated carbocycles. The van der Waals surface area contributed by atoms with E-state index in [0.717, 1.165) is 16.2 Å². The number of hydrogen-bond donors (Lipinski definition) is 1. The molecule has 1 atom stereocenters. The van der Waals surface area contributed by atoms with Crippen molar-refractivity contribution in [2.75, 3.05) is 19.9 Å². The Morgan fingerprint density at radius 2 is 1.77 bits per heavy atom. The lowest BCUT2D eigenvalue weighted by Gasteiger charge is -2.24. The topological polar surface area (TPSA) is 58.6 Å². The maximum absolute atomic E-state index is 12.8. The van der Waals surface area contributed by atoms with Crippen LogP contribution in [0.25, 0.3) is 0 Å². The summed E-state index contributed by atoms with van der Waals surface area (Å²) in [6, 6.07) is 16.8. The van der Waals surface area contributed by atoms with E-state index in [-0.39, 0.29) is 11.8 Å². The van der Waals surface area contributed by atoms with Crippen LogP contribution in [0.5, 0.6) is 5.75 Å². The molecule has 2 aromatic carbocycles. The average Bonchev–Trinajstić information content (AvgIpc) is 2.65. The van der Waals surface area contributed by atoms with E-state index >= 15 is 0 Å². The molecule has 0 aliphatic rings. The molecule has 1 N–H and O–H groups in total. The summed E-state index contributed by atoms with van der Waals surface area (Å²) in [5, 5.41) is 2.76. The second-order valence-corrected chi connectivity index (χ2v) is 7.01. The van der Waals surface area contributed by atoms with Crippen molar-refractivity contribution in [1.82, 2.24) is 10.2 Å². The fraction of sp³-hybridized carbons (Fsp3) is 0.300. The van der Waals surface area contributed by atoms with Crippen LogP contribution in [0.1, 0.15) is 12.5 Å². The number of benzene rings is 2. The smallest absolute Gasteiger partial charge is 0.246 e. The molecule has 138 valence electrons. The molecular weight excluding hydrogens is 348 g/mol. The van der Waals surface area contributed by atoms with Crippen molar-refractivity contribution in [3.63, 3.8) is 0 Å². The van der Waals surface area contributed by atoms with E-state index in [0.29, 0.717) is 12.3 Å². The van der Waals surface area contributed by atoms with E-state index in [1.807, 2.05) is 54.6 Å². The number of nitrogens with zero attached hydrogens (tertiary/aromatic N) is 1. The maximum atomic E-state index is 12.8. The number of thioether (sulfide) groups is 1. The van der Waals surface area contributed by atoms with Gasteiger partial charge in [0.15, 0.2) is 0 Å². The molecule has 2 rings (SSSR count). The predicted octanol–water partition coefficient (Wildman–Crippen LogP) is 2.95. The lowest BCUT2D eigenvalue weighted by Crippen LogP contribution is -2.48. The van der Waals surface area contributed by atoms with Crippen molar-refractivity contribution in [2.24, 2.45) is 0 Å². The van der Waals surface area contributed by atoms with Gasteiger partial charge in [-0.05, 0) is 29.8 Å². The van der Waals surface area contributed by atoms with E-state index in [1.54, 1.807) is 19.1 Å². The van der Waals surface area contributed by atoms with Gasteiger partial charge in [0.2, 0.25) is 11.8 Å². The zero-order valence-electron chi connectivity index (χ0n) is 15.3. The highest BCUT2D eigenvalue weighted by Gasteiger charge is 2.23. The molecule has 0 heterocycles. The number of carbonyl (C=O) groups is 2. The zero-order chi connectivity index (χ0) is 18.9. The molecule has 2 aromatic rings. The Hall–Kier alpha value is -2.47. The second kappa shape index (κ2) is 9.87. The molecule has 5 nitrogen and oxygen atoms in total. The summed E-state index contributed by atoms with van der Waals surface area (Å²) in [4.78, 5) is 27.0. The highest BCUT2D eigenvalue weighted by atomic mass is 32.2. The van der Waals surface area contributed by atoms with Gasteiger partial charge in [0.1, 0.15) is 11.8 Å². The average molecular weight is 372 g/mol. The Morgan fingerprint density at radius 3 is 2.35 bits per heavy atom. The first-order chi connectivity index (χ1) is 12.5. The summed E-state index contributed by atoms with van der Waals surface area (Å²) in [7, 11) is 3.37. The summed E-state index contributed by atoms with van der Waals surface area (Å²) < 4.78 is 5.15. The fourth-order valence-corrected chi connectivity index (χ4v) is 3.39. The van der Waals surface area contributed by atoms with Crippen LogP contribution in [0.3, 0.4) is 0 Å². The Labute approximate surface area is 158 Å². The van der Waals surface area contributed by atoms with Crippen LogP contribution in [-0.2, 0) is 16.1 Å². The van der Waals surface area contributed by atoms with E-state index in [1.165, 1.54) is 18.7 Å². The van der Waals surface area contributed by atoms with E-state index in [2.05, 4.69) is 5.32 Å². The van der Waals surface area contributed by atoms with Crippen LogP contribution >= 0.6 is 11.8 Å². The van der Waals surface area contributed by atoms with Crippen molar-refractivity contribution in [2.45, 2.75) is 24.4 Å². The predicted molar refractivity (Wildman–Crippen MR) is 104 cm³/mol. The number of likely N-dealkylation sites (N-methyl/N-ethyl adjacent to an activating group) is 1. The molecule has 0 bridgehead atoms. The van der Waals surface area contributed by atoms with Crippen LogP contribution in [0.2, 0.25) is 0 Å². The van der Waals surface area contributed by atoms with Crippen LogP contribution in [0.15, 0.2) is 59.5 Å². The Balaban J connectivity index is 2.00. The number of ether oxygens (including phenoxy) is 1. The minimum absolute atomic E-state index is 0.106. The van der Waals surface area contributed by atoms with Crippen molar-refractivity contribution in [3.8, 4) is 5.75 Å². The molecule has 0 fully saturated rings. The zero-order valence-corrected chi connectivity index (χ0v) is 16.1. The van der Waals surface area contributed by atoms with Gasteiger partial charge in [0.25, 0.3) is 0 Å². The highest BCUT2D eigenvalue weighted by molar-refractivity contribution is 7.99. The summed E-state index contributed by atoms with van der Waals surface area (Å²) in [5.74, 6) is 0.924. The SMILES string of the molecule is COc1ccc(SCC(NC(C)=O)C(=O)N(C)Cc2ccccc2)cc1. The summed E-state index contributed by atoms with van der Waals surface area (Å²) in [5.41, 5.74) is 1.05. The van der Waals surface area contributed by atoms with Crippen molar-refractivity contribution >= 4 is 23.6 Å². The minimum Gasteiger partial charge on any atom is -0.497 e. The number of carbonyl (C=O) groups excluding carboxylic acids is 2. The first-order valence-corrected chi connectivity index (χ1v) is 9.31. The fourth-order valence-electron chi connectivity index (χ4n) is 2.47. The van der Waals surface area contributed by atoms with Gasteiger partial charge in [-0.3, -0.25) is 9.59 Å². The van der Waals surface area contributed by atoms with E-state index < -0.39 is 6.04 Å². The number of methoxy groups -OCH3 is 1. The molecule has 0 aromatic heterocycles. The van der Waals surface area contributed by atoms with E-state index in [4.69, 9.17) is 4.74 Å². The number of nitrogens with one attached hydrogen (secondary N) is 1. The van der Waals surface area contributed by atoms with Crippen molar-refractivity contribution in [1.29, 1.82) is 0 Å². The third-order valence-electron chi connectivity index (χ3n) is 3.79. The molecular formula is C20H24N2O3S. The van der Waals surface area contributed by atoms with Crippen molar-refractivity contribution in [3.05, 3.63) is 60.2 Å². The molecule has 1 unspecified atom stereocenters. The van der Waals surface area contributed by atoms with Gasteiger partial charge >= 0.3 is 0 Å². The first kappa shape index (κ1) is 19.8. The summed E-state index contributed by atoms with van der Waals surface area (Å²) >= 11 is 1.52. The summed E-state index contributed by atoms with van der Waals surface area (Å²) in [6.07, 6.45) is 0. The van der Waals surface area contributed by atoms with Gasteiger partial charge in [0.05, 0.1) is 7.11 Å². The molecule has 2 amide bonds. The van der Waals surface area contributed by atoms with Crippen LogP contribution < -0.4 is 10.1 Å². The normalized spacial score (nSPS) is 11.5. The number of rotatable bonds is 8. The van der Waals surface area contributed by atoms with Gasteiger partial charge < -0.3 is 15.0 Å². The van der Waals surface area contributed by atoms with Gasteiger partial charge in [-0.15, -0.1) is 11.8 Å². The third-order valence-corrected chi connectivity index (χ3v) is 4.90. The molecule has 0 spiro atoms. The van der Waals surface area contributed by atoms with Crippen LogP contribution in [0, 0.1) is 0 Å². The maximum Gasteiger partial charge on any atom is 0.246 e. The number of amides is 2. The van der Waals surface area contributed by atoms with E-state index in [9.17, 15) is 9.59 Å². The monoisotopic (exact) mass is 372 g/mol. The van der Waals surface area contributed by atoms with Crippen molar-refractivity contribution < 1.29 is 14.3 Å². The lowest BCUT2D eigenvalue weighted by molar-refractivity contribution is -0.134. The standard InChI is InChI=1S/C20H24N2O3S/c1-15(23)21-19(14-26-18-11-9-17(25-3)10-12-18)20(24)22(2)13-16-7-5-4-6-8-16/h4-12,19H,13-14H2,1-3H3,(H,21,23). The van der Waals surface area contributed by atoms with Crippen LogP contribution in [0.4, 0.5) is 0 Å². The molecule has 0 aliphatic carbocycles. The Kier molecular flexibility index (Phi) is 7.53. The van der Waals surface area contributed by atoms with Gasteiger partial charge in [0, 0.05) is 31.2 Å². The molecule has 0 saturated heterocycles. The molecule has 0 radical (unpaired) electrons. The number of hydrogen-bond acceptors (Lipinski definition) is 4. The quantitative estimate of drug-likeness (QED) is 0.724.